The maximum Gasteiger partial charge on any atom is 0.157 e. The number of hydrogen-bond donors (Lipinski definition) is 1. The van der Waals surface area contributed by atoms with Crippen LogP contribution in [0, 0.1) is 0 Å². The lowest BCUT2D eigenvalue weighted by Gasteiger charge is -2.08. The first-order valence-electron chi connectivity index (χ1n) is 5.69. The molecule has 0 aliphatic heterocycles. The van der Waals surface area contributed by atoms with Gasteiger partial charge in [0.05, 0.1) is 11.0 Å². The van der Waals surface area contributed by atoms with Gasteiger partial charge in [-0.25, -0.2) is 13.4 Å². The Morgan fingerprint density at radius 3 is 2.67 bits per heavy atom. The van der Waals surface area contributed by atoms with Gasteiger partial charge in [-0.2, -0.15) is 0 Å². The van der Waals surface area contributed by atoms with Crippen molar-refractivity contribution in [2.75, 3.05) is 6.26 Å². The number of rotatable bonds is 3. The van der Waals surface area contributed by atoms with Crippen LogP contribution in [-0.2, 0) is 23.4 Å². The van der Waals surface area contributed by atoms with Gasteiger partial charge in [-0.15, -0.1) is 0 Å². The standard InChI is InChI=1S/C12H17N3O2S/c1-8(18(3,16)17)12-14-11-9(7-13)5-4-6-10(11)15(12)2/h4-6,8H,7,13H2,1-3H3. The molecule has 0 amide bonds. The molecular formula is C12H17N3O2S. The maximum atomic E-state index is 11.6. The largest absolute Gasteiger partial charge is 0.330 e. The Hall–Kier alpha value is -1.40. The molecule has 0 spiro atoms. The van der Waals surface area contributed by atoms with E-state index in [4.69, 9.17) is 5.73 Å². The molecule has 0 radical (unpaired) electrons. The molecule has 1 heterocycles. The molecule has 0 saturated carbocycles. The summed E-state index contributed by atoms with van der Waals surface area (Å²) in [6.07, 6.45) is 1.22. The number of nitrogens with two attached hydrogens (primary N) is 1. The van der Waals surface area contributed by atoms with Gasteiger partial charge in [0.2, 0.25) is 0 Å². The number of sulfone groups is 1. The molecular weight excluding hydrogens is 250 g/mol. The van der Waals surface area contributed by atoms with E-state index in [2.05, 4.69) is 4.98 Å². The van der Waals surface area contributed by atoms with Crippen LogP contribution in [0.15, 0.2) is 18.2 Å². The normalized spacial score (nSPS) is 14.0. The molecule has 2 aromatic rings. The van der Waals surface area contributed by atoms with E-state index in [1.807, 2.05) is 29.8 Å². The second-order valence-corrected chi connectivity index (χ2v) is 6.86. The number of imidazole rings is 1. The minimum absolute atomic E-state index is 0.390. The van der Waals surface area contributed by atoms with Crippen molar-refractivity contribution in [3.8, 4) is 0 Å². The second-order valence-electron chi connectivity index (χ2n) is 4.49. The van der Waals surface area contributed by atoms with Gasteiger partial charge in [-0.05, 0) is 18.6 Å². The highest BCUT2D eigenvalue weighted by Gasteiger charge is 2.23. The van der Waals surface area contributed by atoms with E-state index >= 15 is 0 Å². The van der Waals surface area contributed by atoms with Crippen LogP contribution in [0.1, 0.15) is 23.6 Å². The fourth-order valence-corrected chi connectivity index (χ4v) is 2.60. The molecule has 1 unspecified atom stereocenters. The number of fused-ring (bicyclic) bond motifs is 1. The van der Waals surface area contributed by atoms with Crippen molar-refractivity contribution in [2.45, 2.75) is 18.7 Å². The van der Waals surface area contributed by atoms with Gasteiger partial charge in [0.1, 0.15) is 11.1 Å². The van der Waals surface area contributed by atoms with Gasteiger partial charge < -0.3 is 10.3 Å². The van der Waals surface area contributed by atoms with Crippen molar-refractivity contribution in [3.63, 3.8) is 0 Å². The molecule has 2 N–H and O–H groups in total. The van der Waals surface area contributed by atoms with Crippen LogP contribution < -0.4 is 5.73 Å². The van der Waals surface area contributed by atoms with Crippen molar-refractivity contribution in [1.29, 1.82) is 0 Å². The molecule has 0 saturated heterocycles. The summed E-state index contributed by atoms with van der Waals surface area (Å²) in [4.78, 5) is 4.45. The van der Waals surface area contributed by atoms with E-state index in [1.165, 1.54) is 6.26 Å². The molecule has 0 bridgehead atoms. The Morgan fingerprint density at radius 1 is 1.44 bits per heavy atom. The van der Waals surface area contributed by atoms with Crippen molar-refractivity contribution in [3.05, 3.63) is 29.6 Å². The number of aromatic nitrogens is 2. The Labute approximate surface area is 107 Å². The van der Waals surface area contributed by atoms with Crippen LogP contribution in [0.25, 0.3) is 11.0 Å². The molecule has 5 nitrogen and oxygen atoms in total. The summed E-state index contributed by atoms with van der Waals surface area (Å²) in [6.45, 7) is 2.04. The molecule has 2 rings (SSSR count). The topological polar surface area (TPSA) is 78.0 Å². The quantitative estimate of drug-likeness (QED) is 0.904. The fraction of sp³-hybridized carbons (Fsp3) is 0.417. The summed E-state index contributed by atoms with van der Waals surface area (Å²) < 4.78 is 25.1. The van der Waals surface area contributed by atoms with Crippen molar-refractivity contribution >= 4 is 20.9 Å². The number of benzene rings is 1. The van der Waals surface area contributed by atoms with Crippen LogP contribution in [0.2, 0.25) is 0 Å². The highest BCUT2D eigenvalue weighted by molar-refractivity contribution is 7.90. The average molecular weight is 267 g/mol. The number of nitrogens with zero attached hydrogens (tertiary/aromatic N) is 2. The van der Waals surface area contributed by atoms with E-state index in [-0.39, 0.29) is 0 Å². The lowest BCUT2D eigenvalue weighted by molar-refractivity contribution is 0.587. The first kappa shape index (κ1) is 13.0. The summed E-state index contributed by atoms with van der Waals surface area (Å²) in [7, 11) is -1.33. The van der Waals surface area contributed by atoms with Gasteiger partial charge in [-0.3, -0.25) is 0 Å². The van der Waals surface area contributed by atoms with Crippen molar-refractivity contribution in [2.24, 2.45) is 12.8 Å². The molecule has 98 valence electrons. The third kappa shape index (κ3) is 2.02. The van der Waals surface area contributed by atoms with Gasteiger partial charge in [-0.1, -0.05) is 12.1 Å². The summed E-state index contributed by atoms with van der Waals surface area (Å²) in [5.41, 5.74) is 8.29. The monoisotopic (exact) mass is 267 g/mol. The lowest BCUT2D eigenvalue weighted by Crippen LogP contribution is -2.12. The van der Waals surface area contributed by atoms with Gasteiger partial charge >= 0.3 is 0 Å². The summed E-state index contributed by atoms with van der Waals surface area (Å²) >= 11 is 0. The predicted molar refractivity (Wildman–Crippen MR) is 71.9 cm³/mol. The van der Waals surface area contributed by atoms with E-state index in [0.717, 1.165) is 16.6 Å². The Balaban J connectivity index is 2.72. The van der Waals surface area contributed by atoms with Crippen molar-refractivity contribution < 1.29 is 8.42 Å². The van der Waals surface area contributed by atoms with Crippen LogP contribution in [0.4, 0.5) is 0 Å². The van der Waals surface area contributed by atoms with Crippen LogP contribution in [-0.4, -0.2) is 24.2 Å². The first-order valence-corrected chi connectivity index (χ1v) is 7.65. The predicted octanol–water partition coefficient (Wildman–Crippen LogP) is 1.14. The first-order chi connectivity index (χ1) is 8.36. The fourth-order valence-electron chi connectivity index (χ4n) is 2.01. The lowest BCUT2D eigenvalue weighted by atomic mass is 10.2. The number of para-hydroxylation sites is 1. The van der Waals surface area contributed by atoms with Crippen LogP contribution in [0.3, 0.4) is 0 Å². The smallest absolute Gasteiger partial charge is 0.157 e. The SMILES string of the molecule is CC(c1nc2c(CN)cccc2n1C)S(C)(=O)=O. The number of hydrogen-bond acceptors (Lipinski definition) is 4. The third-order valence-electron chi connectivity index (χ3n) is 3.26. The molecule has 18 heavy (non-hydrogen) atoms. The van der Waals surface area contributed by atoms with Crippen LogP contribution in [0.5, 0.6) is 0 Å². The highest BCUT2D eigenvalue weighted by Crippen LogP contribution is 2.25. The maximum absolute atomic E-state index is 11.6. The summed E-state index contributed by atoms with van der Waals surface area (Å²) in [5, 5.41) is -0.625. The van der Waals surface area contributed by atoms with Crippen LogP contribution >= 0.6 is 0 Å². The Bertz CT molecular complexity index is 689. The molecule has 0 fully saturated rings. The zero-order valence-corrected chi connectivity index (χ0v) is 11.5. The molecule has 1 aromatic heterocycles. The zero-order chi connectivity index (χ0) is 13.5. The number of aryl methyl sites for hydroxylation is 1. The zero-order valence-electron chi connectivity index (χ0n) is 10.7. The van der Waals surface area contributed by atoms with E-state index in [1.54, 1.807) is 6.92 Å². The second kappa shape index (κ2) is 4.37. The average Bonchev–Trinajstić information content (AvgIpc) is 2.65. The van der Waals surface area contributed by atoms with E-state index < -0.39 is 15.1 Å². The Kier molecular flexibility index (Phi) is 3.16. The van der Waals surface area contributed by atoms with E-state index in [9.17, 15) is 8.42 Å². The van der Waals surface area contributed by atoms with Gasteiger partial charge in [0.25, 0.3) is 0 Å². The minimum atomic E-state index is -3.16. The minimum Gasteiger partial charge on any atom is -0.330 e. The Morgan fingerprint density at radius 2 is 2.11 bits per heavy atom. The highest BCUT2D eigenvalue weighted by atomic mass is 32.2. The summed E-state index contributed by atoms with van der Waals surface area (Å²) in [6, 6.07) is 5.73. The van der Waals surface area contributed by atoms with Gasteiger partial charge in [0, 0.05) is 19.8 Å². The van der Waals surface area contributed by atoms with Crippen molar-refractivity contribution in [1.82, 2.24) is 9.55 Å². The molecule has 0 aliphatic carbocycles. The molecule has 0 aliphatic rings. The molecule has 1 atom stereocenters. The van der Waals surface area contributed by atoms with E-state index in [0.29, 0.717) is 12.4 Å². The summed E-state index contributed by atoms with van der Waals surface area (Å²) in [5.74, 6) is 0.549. The molecule has 6 heteroatoms. The van der Waals surface area contributed by atoms with Gasteiger partial charge in [0.15, 0.2) is 9.84 Å². The molecule has 1 aromatic carbocycles. The third-order valence-corrected chi connectivity index (χ3v) is 4.75.